The van der Waals surface area contributed by atoms with Crippen LogP contribution in [-0.2, 0) is 0 Å². The molecule has 4 heteroatoms. The first-order valence-corrected chi connectivity index (χ1v) is 7.09. The Labute approximate surface area is 113 Å². The molecule has 1 aromatic carbocycles. The van der Waals surface area contributed by atoms with Crippen LogP contribution in [0.5, 0.6) is 0 Å². The highest BCUT2D eigenvalue weighted by Crippen LogP contribution is 2.35. The van der Waals surface area contributed by atoms with Crippen molar-refractivity contribution in [3.8, 4) is 0 Å². The molecule has 1 atom stereocenters. The molecule has 0 aliphatic heterocycles. The van der Waals surface area contributed by atoms with E-state index in [4.69, 9.17) is 5.73 Å². The van der Waals surface area contributed by atoms with Gasteiger partial charge in [-0.05, 0) is 41.6 Å². The molecule has 90 valence electrons. The van der Waals surface area contributed by atoms with Gasteiger partial charge in [0.05, 0.1) is 0 Å². The number of hydrogen-bond donors (Lipinski definition) is 2. The quantitative estimate of drug-likeness (QED) is 0.847. The summed E-state index contributed by atoms with van der Waals surface area (Å²) in [6.45, 7) is 0.161. The van der Waals surface area contributed by atoms with E-state index in [2.05, 4.69) is 22.0 Å². The molecule has 0 aliphatic carbocycles. The number of halogens is 1. The second kappa shape index (κ2) is 5.67. The third kappa shape index (κ3) is 2.89. The predicted molar refractivity (Wildman–Crippen MR) is 76.4 cm³/mol. The Balaban J connectivity index is 2.42. The fourth-order valence-electron chi connectivity index (χ4n) is 1.92. The van der Waals surface area contributed by atoms with Crippen molar-refractivity contribution in [2.45, 2.75) is 12.3 Å². The van der Waals surface area contributed by atoms with Crippen LogP contribution in [0.3, 0.4) is 0 Å². The van der Waals surface area contributed by atoms with E-state index in [0.717, 1.165) is 15.7 Å². The number of aliphatic hydroxyl groups excluding tert-OH is 1. The van der Waals surface area contributed by atoms with Crippen molar-refractivity contribution in [2.75, 3.05) is 12.3 Å². The normalized spacial score (nSPS) is 12.6. The maximum atomic E-state index is 9.21. The number of nitrogens with two attached hydrogens (primary N) is 1. The molecule has 0 saturated carbocycles. The number of aliphatic hydroxyl groups is 1. The molecule has 1 aromatic heterocycles. The molecular weight excluding hydrogens is 298 g/mol. The van der Waals surface area contributed by atoms with Gasteiger partial charge in [0.1, 0.15) is 0 Å². The lowest BCUT2D eigenvalue weighted by atomic mass is 9.93. The Morgan fingerprint density at radius 1 is 1.35 bits per heavy atom. The minimum absolute atomic E-state index is 0.161. The van der Waals surface area contributed by atoms with Crippen LogP contribution in [0.1, 0.15) is 22.8 Å². The first-order chi connectivity index (χ1) is 8.22. The van der Waals surface area contributed by atoms with Crippen LogP contribution in [0.15, 0.2) is 40.2 Å². The predicted octanol–water partition coefficient (Wildman–Crippen LogP) is 3.61. The lowest BCUT2D eigenvalue weighted by molar-refractivity contribution is 0.282. The van der Waals surface area contributed by atoms with E-state index in [1.54, 1.807) is 11.3 Å². The summed E-state index contributed by atoms with van der Waals surface area (Å²) in [7, 11) is 0. The van der Waals surface area contributed by atoms with Gasteiger partial charge in [0, 0.05) is 27.6 Å². The summed E-state index contributed by atoms with van der Waals surface area (Å²) in [4.78, 5) is 1.24. The van der Waals surface area contributed by atoms with E-state index in [1.165, 1.54) is 4.88 Å². The SMILES string of the molecule is Nc1ccc(Br)cc1C(CCO)c1cccs1. The lowest BCUT2D eigenvalue weighted by Crippen LogP contribution is -2.05. The molecular formula is C13H14BrNOS. The molecule has 0 bridgehead atoms. The molecule has 0 saturated heterocycles. The third-order valence-electron chi connectivity index (χ3n) is 2.73. The van der Waals surface area contributed by atoms with Crippen molar-refractivity contribution >= 4 is 33.0 Å². The van der Waals surface area contributed by atoms with E-state index < -0.39 is 0 Å². The Hall–Kier alpha value is -0.840. The summed E-state index contributed by atoms with van der Waals surface area (Å²) in [6.07, 6.45) is 0.696. The molecule has 2 nitrogen and oxygen atoms in total. The van der Waals surface area contributed by atoms with E-state index in [1.807, 2.05) is 29.6 Å². The van der Waals surface area contributed by atoms with Gasteiger partial charge in [-0.1, -0.05) is 22.0 Å². The number of rotatable bonds is 4. The van der Waals surface area contributed by atoms with Crippen LogP contribution in [0, 0.1) is 0 Å². The van der Waals surface area contributed by atoms with Gasteiger partial charge >= 0.3 is 0 Å². The van der Waals surface area contributed by atoms with Gasteiger partial charge in [0.25, 0.3) is 0 Å². The number of hydrogen-bond acceptors (Lipinski definition) is 3. The van der Waals surface area contributed by atoms with Gasteiger partial charge in [0.15, 0.2) is 0 Å². The smallest absolute Gasteiger partial charge is 0.0440 e. The molecule has 0 spiro atoms. The largest absolute Gasteiger partial charge is 0.398 e. The maximum Gasteiger partial charge on any atom is 0.0440 e. The fraction of sp³-hybridized carbons (Fsp3) is 0.231. The maximum absolute atomic E-state index is 9.21. The number of benzene rings is 1. The van der Waals surface area contributed by atoms with Gasteiger partial charge in [0.2, 0.25) is 0 Å². The number of thiophene rings is 1. The van der Waals surface area contributed by atoms with Gasteiger partial charge in [-0.25, -0.2) is 0 Å². The summed E-state index contributed by atoms with van der Waals surface area (Å²) in [6, 6.07) is 9.99. The second-order valence-corrected chi connectivity index (χ2v) is 5.75. The van der Waals surface area contributed by atoms with Crippen LogP contribution >= 0.6 is 27.3 Å². The van der Waals surface area contributed by atoms with Crippen LogP contribution in [0.25, 0.3) is 0 Å². The monoisotopic (exact) mass is 311 g/mol. The van der Waals surface area contributed by atoms with Crippen LogP contribution < -0.4 is 5.73 Å². The van der Waals surface area contributed by atoms with E-state index >= 15 is 0 Å². The highest BCUT2D eigenvalue weighted by molar-refractivity contribution is 9.10. The van der Waals surface area contributed by atoms with Gasteiger partial charge < -0.3 is 10.8 Å². The van der Waals surface area contributed by atoms with Crippen LogP contribution in [0.2, 0.25) is 0 Å². The van der Waals surface area contributed by atoms with Crippen molar-refractivity contribution in [3.63, 3.8) is 0 Å². The fourth-order valence-corrected chi connectivity index (χ4v) is 3.18. The molecule has 1 unspecified atom stereocenters. The second-order valence-electron chi connectivity index (χ2n) is 3.85. The van der Waals surface area contributed by atoms with Gasteiger partial charge in [-0.15, -0.1) is 11.3 Å². The summed E-state index contributed by atoms with van der Waals surface area (Å²) in [5.41, 5.74) is 7.89. The van der Waals surface area contributed by atoms with E-state index in [0.29, 0.717) is 6.42 Å². The van der Waals surface area contributed by atoms with Crippen molar-refractivity contribution < 1.29 is 5.11 Å². The standard InChI is InChI=1S/C13H14BrNOS/c14-9-3-4-12(15)11(8-9)10(5-6-16)13-2-1-7-17-13/h1-4,7-8,10,16H,5-6,15H2. The molecule has 2 aromatic rings. The van der Waals surface area contributed by atoms with Crippen molar-refractivity contribution in [3.05, 3.63) is 50.6 Å². The summed E-state index contributed by atoms with van der Waals surface area (Å²) < 4.78 is 1.01. The van der Waals surface area contributed by atoms with Crippen molar-refractivity contribution in [1.29, 1.82) is 0 Å². The zero-order valence-electron chi connectivity index (χ0n) is 9.27. The van der Waals surface area contributed by atoms with E-state index in [-0.39, 0.29) is 12.5 Å². The minimum Gasteiger partial charge on any atom is -0.398 e. The zero-order valence-corrected chi connectivity index (χ0v) is 11.7. The first kappa shape index (κ1) is 12.6. The minimum atomic E-state index is 0.161. The molecule has 0 aliphatic rings. The summed E-state index contributed by atoms with van der Waals surface area (Å²) in [5.74, 6) is 0.178. The highest BCUT2D eigenvalue weighted by Gasteiger charge is 2.17. The number of anilines is 1. The Kier molecular flexibility index (Phi) is 4.20. The molecule has 17 heavy (non-hydrogen) atoms. The van der Waals surface area contributed by atoms with Crippen LogP contribution in [-0.4, -0.2) is 11.7 Å². The molecule has 3 N–H and O–H groups in total. The Bertz CT molecular complexity index is 484. The summed E-state index contributed by atoms with van der Waals surface area (Å²) >= 11 is 5.16. The molecule has 0 radical (unpaired) electrons. The number of nitrogen functional groups attached to an aromatic ring is 1. The first-order valence-electron chi connectivity index (χ1n) is 5.41. The molecule has 0 fully saturated rings. The van der Waals surface area contributed by atoms with Crippen molar-refractivity contribution in [1.82, 2.24) is 0 Å². The molecule has 0 amide bonds. The van der Waals surface area contributed by atoms with E-state index in [9.17, 15) is 5.11 Å². The molecule has 1 heterocycles. The zero-order chi connectivity index (χ0) is 12.3. The Morgan fingerprint density at radius 3 is 2.82 bits per heavy atom. The molecule has 2 rings (SSSR count). The average molecular weight is 312 g/mol. The van der Waals surface area contributed by atoms with Crippen LogP contribution in [0.4, 0.5) is 5.69 Å². The summed E-state index contributed by atoms with van der Waals surface area (Å²) in [5, 5.41) is 11.3. The van der Waals surface area contributed by atoms with Crippen molar-refractivity contribution in [2.24, 2.45) is 0 Å². The lowest BCUT2D eigenvalue weighted by Gasteiger charge is -2.17. The Morgan fingerprint density at radius 2 is 2.18 bits per heavy atom. The topological polar surface area (TPSA) is 46.2 Å². The van der Waals surface area contributed by atoms with Gasteiger partial charge in [-0.2, -0.15) is 0 Å². The highest BCUT2D eigenvalue weighted by atomic mass is 79.9. The average Bonchev–Trinajstić information content (AvgIpc) is 2.83. The third-order valence-corrected chi connectivity index (χ3v) is 4.21. The van der Waals surface area contributed by atoms with Gasteiger partial charge in [-0.3, -0.25) is 0 Å².